The normalized spacial score (nSPS) is 11.9. The predicted octanol–water partition coefficient (Wildman–Crippen LogP) is 3.65. The van der Waals surface area contributed by atoms with Gasteiger partial charge in [0.1, 0.15) is 11.3 Å². The number of oxazole rings is 1. The second kappa shape index (κ2) is 8.73. The summed E-state index contributed by atoms with van der Waals surface area (Å²) >= 11 is 1.13. The van der Waals surface area contributed by atoms with E-state index >= 15 is 0 Å². The molecule has 0 saturated heterocycles. The Hall–Kier alpha value is -2.80. The van der Waals surface area contributed by atoms with E-state index in [1.807, 2.05) is 62.4 Å². The van der Waals surface area contributed by atoms with Gasteiger partial charge in [0.2, 0.25) is 0 Å². The van der Waals surface area contributed by atoms with Gasteiger partial charge in [0.15, 0.2) is 12.2 Å². The summed E-state index contributed by atoms with van der Waals surface area (Å²) < 4.78 is 10.5. The average molecular weight is 384 g/mol. The molecule has 0 spiro atoms. The van der Waals surface area contributed by atoms with Gasteiger partial charge < -0.3 is 14.5 Å². The summed E-state index contributed by atoms with van der Waals surface area (Å²) in [7, 11) is 0. The fourth-order valence-electron chi connectivity index (χ4n) is 2.65. The first-order chi connectivity index (χ1) is 13.0. The smallest absolute Gasteiger partial charge is 0.316 e. The van der Waals surface area contributed by atoms with Gasteiger partial charge in [-0.25, -0.2) is 4.98 Å². The van der Waals surface area contributed by atoms with Crippen LogP contribution >= 0.6 is 11.8 Å². The molecule has 0 unspecified atom stereocenters. The number of carbonyl (C=O) groups is 2. The van der Waals surface area contributed by atoms with Crippen LogP contribution in [0.4, 0.5) is 0 Å². The van der Waals surface area contributed by atoms with Gasteiger partial charge in [-0.2, -0.15) is 0 Å². The molecule has 0 fully saturated rings. The molecule has 1 amide bonds. The third-order valence-corrected chi connectivity index (χ3v) is 4.79. The van der Waals surface area contributed by atoms with E-state index in [1.54, 1.807) is 0 Å². The lowest BCUT2D eigenvalue weighted by molar-refractivity contribution is -0.146. The Balaban J connectivity index is 1.43. The molecule has 0 bridgehead atoms. The van der Waals surface area contributed by atoms with E-state index in [9.17, 15) is 9.59 Å². The molecular weight excluding hydrogens is 364 g/mol. The minimum atomic E-state index is -0.499. The Labute approximate surface area is 161 Å². The van der Waals surface area contributed by atoms with Crippen molar-refractivity contribution < 1.29 is 18.7 Å². The number of ether oxygens (including phenoxy) is 1. The Morgan fingerprint density at radius 3 is 2.70 bits per heavy atom. The molecule has 2 aromatic carbocycles. The van der Waals surface area contributed by atoms with Crippen molar-refractivity contribution in [3.63, 3.8) is 0 Å². The molecule has 140 valence electrons. The summed E-state index contributed by atoms with van der Waals surface area (Å²) in [6, 6.07) is 15.0. The van der Waals surface area contributed by atoms with Gasteiger partial charge in [0, 0.05) is 0 Å². The van der Waals surface area contributed by atoms with Crippen molar-refractivity contribution in [3.05, 3.63) is 59.7 Å². The van der Waals surface area contributed by atoms with Crippen LogP contribution < -0.4 is 5.32 Å². The lowest BCUT2D eigenvalue weighted by Gasteiger charge is -2.16. The van der Waals surface area contributed by atoms with Crippen LogP contribution in [0.2, 0.25) is 0 Å². The standard InChI is InChI=1S/C20H20N2O4S/c1-13-7-3-4-8-15(13)14(2)21-18(23)11-25-19(24)12-27-20-22-16-9-5-6-10-17(16)26-20/h3-10,14H,11-12H2,1-2H3,(H,21,23)/t14-/m1/s1. The molecule has 6 nitrogen and oxygen atoms in total. The summed E-state index contributed by atoms with van der Waals surface area (Å²) in [4.78, 5) is 28.1. The zero-order valence-corrected chi connectivity index (χ0v) is 15.9. The zero-order chi connectivity index (χ0) is 19.2. The van der Waals surface area contributed by atoms with Gasteiger partial charge in [-0.05, 0) is 37.1 Å². The van der Waals surface area contributed by atoms with E-state index in [1.165, 1.54) is 0 Å². The van der Waals surface area contributed by atoms with Crippen LogP contribution in [0.1, 0.15) is 24.1 Å². The lowest BCUT2D eigenvalue weighted by Crippen LogP contribution is -2.31. The highest BCUT2D eigenvalue weighted by Crippen LogP contribution is 2.23. The number of aromatic nitrogens is 1. The SMILES string of the molecule is Cc1ccccc1[C@@H](C)NC(=O)COC(=O)CSc1nc2ccccc2o1. The van der Waals surface area contributed by atoms with Crippen LogP contribution in [0.25, 0.3) is 11.1 Å². The summed E-state index contributed by atoms with van der Waals surface area (Å²) in [5, 5.41) is 3.22. The van der Waals surface area contributed by atoms with E-state index in [4.69, 9.17) is 9.15 Å². The van der Waals surface area contributed by atoms with Gasteiger partial charge in [-0.15, -0.1) is 0 Å². The number of nitrogens with one attached hydrogen (secondary N) is 1. The molecule has 0 aliphatic carbocycles. The van der Waals surface area contributed by atoms with Gasteiger partial charge in [-0.3, -0.25) is 9.59 Å². The summed E-state index contributed by atoms with van der Waals surface area (Å²) in [5.74, 6) is -0.820. The average Bonchev–Trinajstić information content (AvgIpc) is 3.08. The number of para-hydroxylation sites is 2. The maximum Gasteiger partial charge on any atom is 0.316 e. The quantitative estimate of drug-likeness (QED) is 0.495. The Morgan fingerprint density at radius 2 is 1.93 bits per heavy atom. The van der Waals surface area contributed by atoms with Crippen molar-refractivity contribution in [3.8, 4) is 0 Å². The first-order valence-corrected chi connectivity index (χ1v) is 9.50. The third-order valence-electron chi connectivity index (χ3n) is 3.98. The van der Waals surface area contributed by atoms with Crippen LogP contribution in [0.3, 0.4) is 0 Å². The Bertz CT molecular complexity index is 921. The summed E-state index contributed by atoms with van der Waals surface area (Å²) in [6.07, 6.45) is 0. The molecule has 7 heteroatoms. The number of nitrogens with zero attached hydrogens (tertiary/aromatic N) is 1. The number of aryl methyl sites for hydroxylation is 1. The largest absolute Gasteiger partial charge is 0.455 e. The molecule has 1 N–H and O–H groups in total. The van der Waals surface area contributed by atoms with Crippen molar-refractivity contribution >= 4 is 34.7 Å². The van der Waals surface area contributed by atoms with Crippen molar-refractivity contribution in [1.82, 2.24) is 10.3 Å². The number of rotatable bonds is 7. The lowest BCUT2D eigenvalue weighted by atomic mass is 10.0. The molecule has 0 radical (unpaired) electrons. The predicted molar refractivity (Wildman–Crippen MR) is 103 cm³/mol. The monoisotopic (exact) mass is 384 g/mol. The molecule has 1 aromatic heterocycles. The van der Waals surface area contributed by atoms with E-state index < -0.39 is 5.97 Å². The van der Waals surface area contributed by atoms with Crippen LogP contribution in [0.15, 0.2) is 58.2 Å². The number of benzene rings is 2. The van der Waals surface area contributed by atoms with E-state index in [2.05, 4.69) is 10.3 Å². The number of fused-ring (bicyclic) bond motifs is 1. The highest BCUT2D eigenvalue weighted by Gasteiger charge is 2.14. The highest BCUT2D eigenvalue weighted by atomic mass is 32.2. The van der Waals surface area contributed by atoms with Crippen LogP contribution in [-0.4, -0.2) is 29.2 Å². The zero-order valence-electron chi connectivity index (χ0n) is 15.1. The van der Waals surface area contributed by atoms with Crippen molar-refractivity contribution in [2.45, 2.75) is 25.1 Å². The van der Waals surface area contributed by atoms with Crippen molar-refractivity contribution in [2.24, 2.45) is 0 Å². The van der Waals surface area contributed by atoms with Crippen LogP contribution in [-0.2, 0) is 14.3 Å². The second-order valence-electron chi connectivity index (χ2n) is 6.04. The first kappa shape index (κ1) is 19.0. The molecule has 0 aliphatic heterocycles. The van der Waals surface area contributed by atoms with Crippen molar-refractivity contribution in [1.29, 1.82) is 0 Å². The Morgan fingerprint density at radius 1 is 1.19 bits per heavy atom. The maximum atomic E-state index is 12.0. The minimum Gasteiger partial charge on any atom is -0.455 e. The van der Waals surface area contributed by atoms with E-state index in [-0.39, 0.29) is 24.3 Å². The molecule has 3 aromatic rings. The number of esters is 1. The number of amides is 1. The van der Waals surface area contributed by atoms with Gasteiger partial charge in [0.25, 0.3) is 11.1 Å². The van der Waals surface area contributed by atoms with Gasteiger partial charge in [0.05, 0.1) is 6.04 Å². The number of hydrogen-bond acceptors (Lipinski definition) is 6. The van der Waals surface area contributed by atoms with Crippen molar-refractivity contribution in [2.75, 3.05) is 12.4 Å². The molecular formula is C20H20N2O4S. The molecule has 0 aliphatic rings. The molecule has 27 heavy (non-hydrogen) atoms. The number of hydrogen-bond donors (Lipinski definition) is 1. The van der Waals surface area contributed by atoms with Gasteiger partial charge >= 0.3 is 5.97 Å². The topological polar surface area (TPSA) is 81.4 Å². The van der Waals surface area contributed by atoms with E-state index in [0.29, 0.717) is 10.8 Å². The highest BCUT2D eigenvalue weighted by molar-refractivity contribution is 7.99. The summed E-state index contributed by atoms with van der Waals surface area (Å²) in [5.41, 5.74) is 3.52. The minimum absolute atomic E-state index is 0.0213. The summed E-state index contributed by atoms with van der Waals surface area (Å²) in [6.45, 7) is 3.57. The number of carbonyl (C=O) groups excluding carboxylic acids is 2. The molecule has 0 saturated carbocycles. The first-order valence-electron chi connectivity index (χ1n) is 8.52. The van der Waals surface area contributed by atoms with E-state index in [0.717, 1.165) is 28.4 Å². The Kier molecular flexibility index (Phi) is 6.13. The molecule has 1 atom stereocenters. The fraction of sp³-hybridized carbons (Fsp3) is 0.250. The molecule has 3 rings (SSSR count). The third kappa shape index (κ3) is 5.10. The maximum absolute atomic E-state index is 12.0. The second-order valence-corrected chi connectivity index (χ2v) is 6.97. The number of thioether (sulfide) groups is 1. The van der Waals surface area contributed by atoms with Crippen LogP contribution in [0, 0.1) is 6.92 Å². The van der Waals surface area contributed by atoms with Crippen LogP contribution in [0.5, 0.6) is 0 Å². The molecule has 1 heterocycles. The fourth-order valence-corrected chi connectivity index (χ4v) is 3.29. The van der Waals surface area contributed by atoms with Gasteiger partial charge in [-0.1, -0.05) is 48.2 Å².